The van der Waals surface area contributed by atoms with Crippen molar-refractivity contribution >= 4 is 23.4 Å². The molecule has 3 rings (SSSR count). The van der Waals surface area contributed by atoms with Crippen molar-refractivity contribution in [3.05, 3.63) is 59.7 Å². The quantitative estimate of drug-likeness (QED) is 0.711. The number of thioether (sulfide) groups is 1. The second-order valence-corrected chi connectivity index (χ2v) is 7.13. The van der Waals surface area contributed by atoms with E-state index in [4.69, 9.17) is 4.74 Å². The highest BCUT2D eigenvalue weighted by Gasteiger charge is 2.23. The lowest BCUT2D eigenvalue weighted by Crippen LogP contribution is -2.29. The Morgan fingerprint density at radius 2 is 1.92 bits per heavy atom. The van der Waals surface area contributed by atoms with Crippen molar-refractivity contribution in [2.75, 3.05) is 29.6 Å². The van der Waals surface area contributed by atoms with Gasteiger partial charge in [-0.1, -0.05) is 36.4 Å². The third-order valence-electron chi connectivity index (χ3n) is 4.23. The maximum atomic E-state index is 12.4. The normalized spacial score (nSPS) is 13.0. The first-order valence-corrected chi connectivity index (χ1v) is 9.55. The molecule has 0 N–H and O–H groups in total. The number of aryl methyl sites for hydroxylation is 1. The Bertz CT molecular complexity index is 702. The monoisotopic (exact) mass is 341 g/mol. The third kappa shape index (κ3) is 4.12. The van der Waals surface area contributed by atoms with Gasteiger partial charge < -0.3 is 9.64 Å². The minimum absolute atomic E-state index is 0.229. The van der Waals surface area contributed by atoms with Crippen LogP contribution in [0.4, 0.5) is 5.69 Å². The molecule has 0 radical (unpaired) electrons. The third-order valence-corrected chi connectivity index (χ3v) is 5.18. The van der Waals surface area contributed by atoms with E-state index in [-0.39, 0.29) is 5.91 Å². The number of benzene rings is 2. The molecule has 3 nitrogen and oxygen atoms in total. The fourth-order valence-electron chi connectivity index (χ4n) is 2.92. The molecule has 0 bridgehead atoms. The van der Waals surface area contributed by atoms with E-state index in [1.165, 1.54) is 5.56 Å². The van der Waals surface area contributed by atoms with Crippen LogP contribution in [0, 0.1) is 6.92 Å². The highest BCUT2D eigenvalue weighted by molar-refractivity contribution is 7.99. The molecule has 0 saturated carbocycles. The average molecular weight is 341 g/mol. The smallest absolute Gasteiger partial charge is 0.227 e. The van der Waals surface area contributed by atoms with Gasteiger partial charge in [0, 0.05) is 30.2 Å². The highest BCUT2D eigenvalue weighted by Crippen LogP contribution is 2.28. The minimum atomic E-state index is 0.229. The molecule has 0 aliphatic carbocycles. The molecule has 0 aromatic heterocycles. The maximum Gasteiger partial charge on any atom is 0.227 e. The molecule has 0 spiro atoms. The number of anilines is 1. The highest BCUT2D eigenvalue weighted by atomic mass is 32.2. The van der Waals surface area contributed by atoms with E-state index < -0.39 is 0 Å². The summed E-state index contributed by atoms with van der Waals surface area (Å²) in [7, 11) is 0. The van der Waals surface area contributed by atoms with Crippen molar-refractivity contribution in [2.45, 2.75) is 19.8 Å². The molecule has 0 unspecified atom stereocenters. The van der Waals surface area contributed by atoms with Crippen molar-refractivity contribution in [1.29, 1.82) is 0 Å². The number of carbonyl (C=O) groups is 1. The molecular weight excluding hydrogens is 318 g/mol. The van der Waals surface area contributed by atoms with Gasteiger partial charge in [0.05, 0.1) is 6.61 Å². The van der Waals surface area contributed by atoms with Gasteiger partial charge in [-0.25, -0.2) is 0 Å². The van der Waals surface area contributed by atoms with E-state index in [1.54, 1.807) is 11.8 Å². The van der Waals surface area contributed by atoms with Gasteiger partial charge in [0.1, 0.15) is 5.75 Å². The molecule has 24 heavy (non-hydrogen) atoms. The number of hydrogen-bond acceptors (Lipinski definition) is 3. The number of amides is 1. The van der Waals surface area contributed by atoms with Gasteiger partial charge in [-0.2, -0.15) is 11.8 Å². The number of fused-ring (bicyclic) bond motifs is 1. The molecule has 0 atom stereocenters. The first-order valence-electron chi connectivity index (χ1n) is 8.40. The Hall–Kier alpha value is -1.94. The Labute approximate surface area is 148 Å². The van der Waals surface area contributed by atoms with E-state index >= 15 is 0 Å². The Balaban J connectivity index is 1.35. The van der Waals surface area contributed by atoms with E-state index in [2.05, 4.69) is 19.1 Å². The van der Waals surface area contributed by atoms with Gasteiger partial charge in [-0.3, -0.25) is 4.79 Å². The van der Waals surface area contributed by atoms with Gasteiger partial charge in [0.15, 0.2) is 0 Å². The Kier molecular flexibility index (Phi) is 5.81. The summed E-state index contributed by atoms with van der Waals surface area (Å²) in [5.74, 6) is 2.92. The predicted molar refractivity (Wildman–Crippen MR) is 101 cm³/mol. The standard InChI is InChI=1S/C20H23NO2S/c1-16-6-2-5-9-19(16)23-13-15-24-14-11-20(22)21-12-10-17-7-3-4-8-18(17)21/h2-9H,10-15H2,1H3. The number of ether oxygens (including phenoxy) is 1. The molecule has 1 amide bonds. The van der Waals surface area contributed by atoms with E-state index in [1.807, 2.05) is 41.3 Å². The van der Waals surface area contributed by atoms with Crippen LogP contribution < -0.4 is 9.64 Å². The van der Waals surface area contributed by atoms with Crippen LogP contribution in [0.3, 0.4) is 0 Å². The lowest BCUT2D eigenvalue weighted by atomic mass is 10.2. The van der Waals surface area contributed by atoms with Gasteiger partial charge >= 0.3 is 0 Å². The summed E-state index contributed by atoms with van der Waals surface area (Å²) in [6.45, 7) is 3.55. The summed E-state index contributed by atoms with van der Waals surface area (Å²) >= 11 is 1.77. The average Bonchev–Trinajstić information content (AvgIpc) is 3.03. The van der Waals surface area contributed by atoms with E-state index in [0.29, 0.717) is 13.0 Å². The second kappa shape index (κ2) is 8.25. The largest absolute Gasteiger partial charge is 0.492 e. The fraction of sp³-hybridized carbons (Fsp3) is 0.350. The number of hydrogen-bond donors (Lipinski definition) is 0. The van der Waals surface area contributed by atoms with Crippen molar-refractivity contribution in [3.8, 4) is 5.75 Å². The van der Waals surface area contributed by atoms with Gasteiger partial charge in [-0.05, 0) is 36.6 Å². The first kappa shape index (κ1) is 16.9. The van der Waals surface area contributed by atoms with Crippen LogP contribution >= 0.6 is 11.8 Å². The summed E-state index contributed by atoms with van der Waals surface area (Å²) in [6, 6.07) is 16.2. The lowest BCUT2D eigenvalue weighted by molar-refractivity contribution is -0.118. The van der Waals surface area contributed by atoms with Gasteiger partial charge in [0.2, 0.25) is 5.91 Å². The fourth-order valence-corrected chi connectivity index (χ4v) is 3.65. The van der Waals surface area contributed by atoms with Gasteiger partial charge in [0.25, 0.3) is 0 Å². The van der Waals surface area contributed by atoms with Gasteiger partial charge in [-0.15, -0.1) is 0 Å². The molecule has 1 aliphatic rings. The van der Waals surface area contributed by atoms with Crippen LogP contribution in [0.25, 0.3) is 0 Å². The molecule has 0 fully saturated rings. The number of nitrogens with zero attached hydrogens (tertiary/aromatic N) is 1. The molecule has 4 heteroatoms. The molecule has 1 aliphatic heterocycles. The number of carbonyl (C=O) groups excluding carboxylic acids is 1. The van der Waals surface area contributed by atoms with Crippen LogP contribution in [0.1, 0.15) is 17.5 Å². The molecule has 2 aromatic carbocycles. The van der Waals surface area contributed by atoms with E-state index in [0.717, 1.165) is 41.5 Å². The number of para-hydroxylation sites is 2. The van der Waals surface area contributed by atoms with Crippen LogP contribution in [0.15, 0.2) is 48.5 Å². The second-order valence-electron chi connectivity index (χ2n) is 5.90. The maximum absolute atomic E-state index is 12.4. The first-order chi connectivity index (χ1) is 11.8. The van der Waals surface area contributed by atoms with Crippen LogP contribution in [0.2, 0.25) is 0 Å². The van der Waals surface area contributed by atoms with Crippen LogP contribution in [0.5, 0.6) is 5.75 Å². The summed E-state index contributed by atoms with van der Waals surface area (Å²) in [5, 5.41) is 0. The van der Waals surface area contributed by atoms with Crippen molar-refractivity contribution in [3.63, 3.8) is 0 Å². The van der Waals surface area contributed by atoms with E-state index in [9.17, 15) is 4.79 Å². The molecular formula is C20H23NO2S. The molecule has 1 heterocycles. The summed E-state index contributed by atoms with van der Waals surface area (Å²) < 4.78 is 5.77. The Morgan fingerprint density at radius 3 is 2.79 bits per heavy atom. The molecule has 126 valence electrons. The molecule has 2 aromatic rings. The van der Waals surface area contributed by atoms with Crippen molar-refractivity contribution in [1.82, 2.24) is 0 Å². The topological polar surface area (TPSA) is 29.5 Å². The lowest BCUT2D eigenvalue weighted by Gasteiger charge is -2.17. The van der Waals surface area contributed by atoms with Crippen LogP contribution in [-0.4, -0.2) is 30.6 Å². The minimum Gasteiger partial charge on any atom is -0.492 e. The summed E-state index contributed by atoms with van der Waals surface area (Å²) in [6.07, 6.45) is 1.56. The van der Waals surface area contributed by atoms with Crippen molar-refractivity contribution < 1.29 is 9.53 Å². The SMILES string of the molecule is Cc1ccccc1OCCSCCC(=O)N1CCc2ccccc21. The zero-order chi connectivity index (χ0) is 16.8. The summed E-state index contributed by atoms with van der Waals surface area (Å²) in [5.41, 5.74) is 3.53. The zero-order valence-electron chi connectivity index (χ0n) is 14.0. The number of rotatable bonds is 7. The summed E-state index contributed by atoms with van der Waals surface area (Å²) in [4.78, 5) is 14.3. The predicted octanol–water partition coefficient (Wildman–Crippen LogP) is 4.09. The van der Waals surface area contributed by atoms with Crippen LogP contribution in [-0.2, 0) is 11.2 Å². The zero-order valence-corrected chi connectivity index (χ0v) is 14.8. The molecule has 0 saturated heterocycles. The van der Waals surface area contributed by atoms with Crippen molar-refractivity contribution in [2.24, 2.45) is 0 Å². The Morgan fingerprint density at radius 1 is 1.12 bits per heavy atom.